The number of likely N-dealkylation sites (tertiary alicyclic amines) is 1. The maximum absolute atomic E-state index is 12.2. The maximum atomic E-state index is 12.2. The first-order chi connectivity index (χ1) is 8.88. The van der Waals surface area contributed by atoms with Crippen molar-refractivity contribution in [1.82, 2.24) is 15.0 Å². The molecule has 104 valence electrons. The van der Waals surface area contributed by atoms with Crippen molar-refractivity contribution >= 4 is 11.9 Å². The van der Waals surface area contributed by atoms with Gasteiger partial charge in [-0.05, 0) is 33.6 Å². The normalized spacial score (nSPS) is 19.5. The molecule has 0 spiro atoms. The fourth-order valence-electron chi connectivity index (χ4n) is 2.01. The molecule has 0 aliphatic carbocycles. The fraction of sp³-hybridized carbons (Fsp3) is 0.667. The summed E-state index contributed by atoms with van der Waals surface area (Å²) < 4.78 is 9.84. The first-order valence-electron chi connectivity index (χ1n) is 6.19. The Morgan fingerprint density at radius 1 is 1.47 bits per heavy atom. The molecule has 2 rings (SSSR count). The first-order valence-corrected chi connectivity index (χ1v) is 6.19. The summed E-state index contributed by atoms with van der Waals surface area (Å²) in [5.41, 5.74) is -0.584. The number of amides is 1. The van der Waals surface area contributed by atoms with Crippen molar-refractivity contribution in [2.45, 2.75) is 45.3 Å². The van der Waals surface area contributed by atoms with E-state index in [1.165, 1.54) is 4.90 Å². The van der Waals surface area contributed by atoms with Gasteiger partial charge in [0.15, 0.2) is 0 Å². The second kappa shape index (κ2) is 4.99. The lowest BCUT2D eigenvalue weighted by atomic mass is 10.1. The van der Waals surface area contributed by atoms with Crippen LogP contribution in [-0.4, -0.2) is 45.1 Å². The number of nitrogens with zero attached hydrogens (tertiary/aromatic N) is 3. The third kappa shape index (κ3) is 3.10. The van der Waals surface area contributed by atoms with Crippen LogP contribution < -0.4 is 0 Å². The van der Waals surface area contributed by atoms with E-state index in [1.807, 2.05) is 0 Å². The van der Waals surface area contributed by atoms with Crippen LogP contribution in [0.5, 0.6) is 0 Å². The third-order valence-electron chi connectivity index (χ3n) is 2.77. The molecule has 0 bridgehead atoms. The largest absolute Gasteiger partial charge is 0.444 e. The van der Waals surface area contributed by atoms with Crippen LogP contribution >= 0.6 is 0 Å². The molecule has 1 aliphatic heterocycles. The summed E-state index contributed by atoms with van der Waals surface area (Å²) in [5.74, 6) is -0.308. The van der Waals surface area contributed by atoms with E-state index in [0.717, 1.165) is 12.8 Å². The van der Waals surface area contributed by atoms with E-state index < -0.39 is 17.7 Å². The molecule has 1 aromatic heterocycles. The van der Waals surface area contributed by atoms with Gasteiger partial charge in [-0.25, -0.2) is 4.79 Å². The third-order valence-corrected chi connectivity index (χ3v) is 2.77. The molecule has 19 heavy (non-hydrogen) atoms. The number of carbonyl (C=O) groups excluding carboxylic acids is 2. The summed E-state index contributed by atoms with van der Waals surface area (Å²) in [6.45, 7) is 5.87. The van der Waals surface area contributed by atoms with Crippen molar-refractivity contribution in [3.05, 3.63) is 12.2 Å². The Morgan fingerprint density at radius 3 is 2.79 bits per heavy atom. The molecule has 1 unspecified atom stereocenters. The maximum Gasteiger partial charge on any atom is 0.410 e. The van der Waals surface area contributed by atoms with E-state index in [-0.39, 0.29) is 11.6 Å². The quantitative estimate of drug-likeness (QED) is 0.757. The van der Waals surface area contributed by atoms with Crippen LogP contribution in [0, 0.1) is 0 Å². The number of aromatic nitrogens is 2. The van der Waals surface area contributed by atoms with Crippen LogP contribution in [0.2, 0.25) is 0 Å². The molecule has 1 fully saturated rings. The average Bonchev–Trinajstić information content (AvgIpc) is 2.97. The molecule has 0 saturated carbocycles. The summed E-state index contributed by atoms with van der Waals surface area (Å²) in [4.78, 5) is 29.3. The lowest BCUT2D eigenvalue weighted by Crippen LogP contribution is -2.43. The van der Waals surface area contributed by atoms with Crippen LogP contribution in [0.3, 0.4) is 0 Å². The van der Waals surface area contributed by atoms with E-state index in [2.05, 4.69) is 14.7 Å². The van der Waals surface area contributed by atoms with Gasteiger partial charge in [-0.2, -0.15) is 4.98 Å². The van der Waals surface area contributed by atoms with Gasteiger partial charge in [0.2, 0.25) is 18.0 Å². The van der Waals surface area contributed by atoms with Crippen LogP contribution in [0.1, 0.15) is 44.2 Å². The minimum atomic E-state index is -0.584. The number of ketones is 1. The SMILES string of the molecule is CC(C)(C)OC(=O)N1CCCC1C(=O)c1ncon1. The Balaban J connectivity index is 2.09. The molecular formula is C12H17N3O4. The predicted molar refractivity (Wildman–Crippen MR) is 64.6 cm³/mol. The van der Waals surface area contributed by atoms with Crippen LogP contribution in [0.25, 0.3) is 0 Å². The van der Waals surface area contributed by atoms with Gasteiger partial charge in [-0.15, -0.1) is 0 Å². The van der Waals surface area contributed by atoms with Crippen molar-refractivity contribution in [2.24, 2.45) is 0 Å². The second-order valence-corrected chi connectivity index (χ2v) is 5.45. The number of rotatable bonds is 2. The zero-order valence-electron chi connectivity index (χ0n) is 11.3. The summed E-state index contributed by atoms with van der Waals surface area (Å²) in [7, 11) is 0. The van der Waals surface area contributed by atoms with Gasteiger partial charge in [0, 0.05) is 6.54 Å². The minimum Gasteiger partial charge on any atom is -0.444 e. The molecule has 0 aromatic carbocycles. The molecule has 0 radical (unpaired) electrons. The lowest BCUT2D eigenvalue weighted by Gasteiger charge is -2.27. The lowest BCUT2D eigenvalue weighted by molar-refractivity contribution is 0.0221. The van der Waals surface area contributed by atoms with Crippen LogP contribution in [-0.2, 0) is 4.74 Å². The summed E-state index contributed by atoms with van der Waals surface area (Å²) in [6.07, 6.45) is 1.96. The number of carbonyl (C=O) groups is 2. The van der Waals surface area contributed by atoms with Crippen molar-refractivity contribution in [1.29, 1.82) is 0 Å². The van der Waals surface area contributed by atoms with Crippen LogP contribution in [0.4, 0.5) is 4.79 Å². The molecule has 1 aromatic rings. The standard InChI is InChI=1S/C12H17N3O4/c1-12(2,3)19-11(17)15-6-4-5-8(15)9(16)10-13-7-18-14-10/h7-8H,4-6H2,1-3H3. The molecule has 1 amide bonds. The van der Waals surface area contributed by atoms with E-state index in [0.29, 0.717) is 13.0 Å². The highest BCUT2D eigenvalue weighted by Gasteiger charge is 2.38. The summed E-state index contributed by atoms with van der Waals surface area (Å²) >= 11 is 0. The Hall–Kier alpha value is -1.92. The molecule has 0 N–H and O–H groups in total. The van der Waals surface area contributed by atoms with Gasteiger partial charge in [-0.1, -0.05) is 5.16 Å². The zero-order valence-corrected chi connectivity index (χ0v) is 11.3. The van der Waals surface area contributed by atoms with Crippen molar-refractivity contribution < 1.29 is 18.8 Å². The Kier molecular flexibility index (Phi) is 3.55. The minimum absolute atomic E-state index is 0.000425. The summed E-state index contributed by atoms with van der Waals surface area (Å²) in [5, 5.41) is 3.51. The van der Waals surface area contributed by atoms with Crippen LogP contribution in [0.15, 0.2) is 10.9 Å². The molecular weight excluding hydrogens is 250 g/mol. The molecule has 1 atom stereocenters. The van der Waals surface area contributed by atoms with Gasteiger partial charge in [0.1, 0.15) is 11.6 Å². The zero-order chi connectivity index (χ0) is 14.0. The fourth-order valence-corrected chi connectivity index (χ4v) is 2.01. The topological polar surface area (TPSA) is 85.5 Å². The van der Waals surface area contributed by atoms with Gasteiger partial charge in [0.25, 0.3) is 0 Å². The molecule has 7 nitrogen and oxygen atoms in total. The smallest absolute Gasteiger partial charge is 0.410 e. The first kappa shape index (κ1) is 13.5. The number of ether oxygens (including phenoxy) is 1. The van der Waals surface area contributed by atoms with Gasteiger partial charge in [0.05, 0.1) is 0 Å². The van der Waals surface area contributed by atoms with Crippen molar-refractivity contribution in [3.8, 4) is 0 Å². The van der Waals surface area contributed by atoms with E-state index in [9.17, 15) is 9.59 Å². The van der Waals surface area contributed by atoms with E-state index in [1.54, 1.807) is 20.8 Å². The van der Waals surface area contributed by atoms with E-state index in [4.69, 9.17) is 4.74 Å². The highest BCUT2D eigenvalue weighted by molar-refractivity contribution is 5.98. The van der Waals surface area contributed by atoms with E-state index >= 15 is 0 Å². The Labute approximate surface area is 110 Å². The number of hydrogen-bond acceptors (Lipinski definition) is 6. The number of hydrogen-bond donors (Lipinski definition) is 0. The van der Waals surface area contributed by atoms with Gasteiger partial charge >= 0.3 is 6.09 Å². The Morgan fingerprint density at radius 2 is 2.21 bits per heavy atom. The number of Topliss-reactive ketones (excluding diaryl/α,β-unsaturated/α-hetero) is 1. The Bertz CT molecular complexity index is 464. The molecule has 1 aliphatic rings. The second-order valence-electron chi connectivity index (χ2n) is 5.45. The van der Waals surface area contributed by atoms with Crippen molar-refractivity contribution in [3.63, 3.8) is 0 Å². The van der Waals surface area contributed by atoms with Crippen molar-refractivity contribution in [2.75, 3.05) is 6.54 Å². The monoisotopic (exact) mass is 267 g/mol. The predicted octanol–water partition coefficient (Wildman–Crippen LogP) is 1.65. The van der Waals surface area contributed by atoms with Gasteiger partial charge in [-0.3, -0.25) is 9.69 Å². The molecule has 1 saturated heterocycles. The summed E-state index contributed by atoms with van der Waals surface area (Å²) in [6, 6.07) is -0.563. The molecule has 7 heteroatoms. The van der Waals surface area contributed by atoms with Gasteiger partial charge < -0.3 is 9.26 Å². The highest BCUT2D eigenvalue weighted by Crippen LogP contribution is 2.22. The highest BCUT2D eigenvalue weighted by atomic mass is 16.6. The molecule has 2 heterocycles. The average molecular weight is 267 g/mol.